The number of pyridine rings is 1. The van der Waals surface area contributed by atoms with Crippen LogP contribution in [0.5, 0.6) is 0 Å². The van der Waals surface area contributed by atoms with Gasteiger partial charge >= 0.3 is 12.1 Å². The molecule has 12 heteroatoms. The zero-order valence-corrected chi connectivity index (χ0v) is 17.1. The first-order valence-corrected chi connectivity index (χ1v) is 9.81. The highest BCUT2D eigenvalue weighted by Gasteiger charge is 2.38. The summed E-state index contributed by atoms with van der Waals surface area (Å²) in [6, 6.07) is 5.81. The summed E-state index contributed by atoms with van der Waals surface area (Å²) in [6.45, 7) is 1.97. The maximum Gasteiger partial charge on any atom is 0.490 e. The monoisotopic (exact) mass is 450 g/mol. The Hall–Kier alpha value is -3.70. The molecule has 1 unspecified atom stereocenters. The molecule has 1 aliphatic rings. The molecule has 4 heterocycles. The van der Waals surface area contributed by atoms with E-state index in [0.717, 1.165) is 48.5 Å². The zero-order valence-electron chi connectivity index (χ0n) is 17.1. The number of aryl methyl sites for hydroxylation is 1. The Labute approximate surface area is 180 Å². The highest BCUT2D eigenvalue weighted by Crippen LogP contribution is 2.29. The van der Waals surface area contributed by atoms with Crippen molar-refractivity contribution in [2.24, 2.45) is 5.92 Å². The number of hydrogen-bond acceptors (Lipinski definition) is 5. The van der Waals surface area contributed by atoms with Crippen molar-refractivity contribution in [2.75, 3.05) is 5.32 Å². The lowest BCUT2D eigenvalue weighted by atomic mass is 10.00. The van der Waals surface area contributed by atoms with Gasteiger partial charge in [0.25, 0.3) is 0 Å². The lowest BCUT2D eigenvalue weighted by Crippen LogP contribution is -2.21. The number of aromatic amines is 1. The van der Waals surface area contributed by atoms with Crippen LogP contribution < -0.4 is 5.32 Å². The van der Waals surface area contributed by atoms with Gasteiger partial charge in [0.05, 0.1) is 18.1 Å². The van der Waals surface area contributed by atoms with Crippen LogP contribution in [0.1, 0.15) is 31.9 Å². The van der Waals surface area contributed by atoms with Gasteiger partial charge in [-0.1, -0.05) is 13.3 Å². The van der Waals surface area contributed by atoms with Gasteiger partial charge in [-0.15, -0.1) is 0 Å². The van der Waals surface area contributed by atoms with Gasteiger partial charge in [-0.3, -0.25) is 14.9 Å². The number of anilines is 1. The van der Waals surface area contributed by atoms with Crippen LogP contribution in [0.4, 0.5) is 18.9 Å². The van der Waals surface area contributed by atoms with E-state index in [1.165, 1.54) is 0 Å². The van der Waals surface area contributed by atoms with E-state index in [9.17, 15) is 18.0 Å². The molecule has 3 aromatic heterocycles. The lowest BCUT2D eigenvalue weighted by molar-refractivity contribution is -0.192. The van der Waals surface area contributed by atoms with Crippen LogP contribution in [0.2, 0.25) is 0 Å². The van der Waals surface area contributed by atoms with E-state index in [1.54, 1.807) is 17.1 Å². The number of aliphatic carboxylic acids is 1. The van der Waals surface area contributed by atoms with Gasteiger partial charge in [0.1, 0.15) is 11.5 Å². The number of carbonyl (C=O) groups excluding carboxylic acids is 1. The molecule has 0 spiro atoms. The summed E-state index contributed by atoms with van der Waals surface area (Å²) in [6.07, 6.45) is 4.04. The number of carboxylic acid groups (broad SMARTS) is 1. The standard InChI is InChI=1S/C18H20N6O.C2HF3O2/c1-12-4-2-3-5-14-10-13(6-8-19-14)17-15(21-18(12)25)11-24(23-17)16-7-9-20-22-16;3-2(4,5)1(6)7/h6-12H,2-5H2,1H3,(H,20,22)(H,21,25);(H,6,7). The van der Waals surface area contributed by atoms with Crippen molar-refractivity contribution in [2.45, 2.75) is 38.8 Å². The van der Waals surface area contributed by atoms with Crippen molar-refractivity contribution < 1.29 is 27.9 Å². The normalized spacial score (nSPS) is 16.5. The highest BCUT2D eigenvalue weighted by molar-refractivity contribution is 5.95. The first kappa shape index (κ1) is 23.0. The molecular weight excluding hydrogens is 429 g/mol. The van der Waals surface area contributed by atoms with Gasteiger partial charge in [0.2, 0.25) is 5.91 Å². The summed E-state index contributed by atoms with van der Waals surface area (Å²) in [7, 11) is 0. The van der Waals surface area contributed by atoms with Crippen LogP contribution in [-0.2, 0) is 16.0 Å². The molecule has 9 nitrogen and oxygen atoms in total. The second-order valence-electron chi connectivity index (χ2n) is 7.25. The number of aromatic nitrogens is 5. The van der Waals surface area contributed by atoms with E-state index in [2.05, 4.69) is 31.7 Å². The maximum absolute atomic E-state index is 12.5. The molecule has 0 radical (unpaired) electrons. The number of carbonyl (C=O) groups is 2. The molecule has 0 fully saturated rings. The molecule has 1 aliphatic heterocycles. The maximum atomic E-state index is 12.5. The van der Waals surface area contributed by atoms with Crippen LogP contribution in [0.25, 0.3) is 17.1 Å². The fraction of sp³-hybridized carbons (Fsp3) is 0.350. The van der Waals surface area contributed by atoms with Gasteiger partial charge in [0.15, 0.2) is 0 Å². The van der Waals surface area contributed by atoms with E-state index in [-0.39, 0.29) is 11.8 Å². The Morgan fingerprint density at radius 3 is 2.66 bits per heavy atom. The number of nitrogens with one attached hydrogen (secondary N) is 2. The van der Waals surface area contributed by atoms with Gasteiger partial charge in [-0.25, -0.2) is 9.48 Å². The number of carboxylic acids is 1. The van der Waals surface area contributed by atoms with Gasteiger partial charge in [-0.05, 0) is 31.4 Å². The topological polar surface area (TPSA) is 126 Å². The SMILES string of the molecule is CC1CCCCc2cc(ccn2)-c2nn(-c3ccn[nH]3)cc2NC1=O.O=C(O)C(F)(F)F. The Bertz CT molecular complexity index is 1080. The highest BCUT2D eigenvalue weighted by atomic mass is 19.4. The zero-order chi connectivity index (χ0) is 23.3. The average molecular weight is 450 g/mol. The summed E-state index contributed by atoms with van der Waals surface area (Å²) < 4.78 is 33.4. The number of halogens is 3. The summed E-state index contributed by atoms with van der Waals surface area (Å²) in [5.41, 5.74) is 3.44. The number of hydrogen-bond donors (Lipinski definition) is 3. The largest absolute Gasteiger partial charge is 0.490 e. The lowest BCUT2D eigenvalue weighted by Gasteiger charge is -2.13. The van der Waals surface area contributed by atoms with E-state index < -0.39 is 12.1 Å². The first-order chi connectivity index (χ1) is 15.1. The van der Waals surface area contributed by atoms with Crippen molar-refractivity contribution >= 4 is 17.6 Å². The van der Waals surface area contributed by atoms with Gasteiger partial charge in [0, 0.05) is 29.4 Å². The molecule has 170 valence electrons. The number of alkyl halides is 3. The van der Waals surface area contributed by atoms with E-state index in [1.807, 2.05) is 25.3 Å². The summed E-state index contributed by atoms with van der Waals surface area (Å²) in [4.78, 5) is 25.9. The number of rotatable bonds is 1. The fourth-order valence-corrected chi connectivity index (χ4v) is 3.08. The molecule has 0 saturated heterocycles. The van der Waals surface area contributed by atoms with E-state index >= 15 is 0 Å². The van der Waals surface area contributed by atoms with Crippen LogP contribution >= 0.6 is 0 Å². The quantitative estimate of drug-likeness (QED) is 0.520. The third kappa shape index (κ3) is 5.71. The first-order valence-electron chi connectivity index (χ1n) is 9.81. The molecule has 1 atom stereocenters. The minimum Gasteiger partial charge on any atom is -0.475 e. The number of nitrogens with zero attached hydrogens (tertiary/aromatic N) is 4. The van der Waals surface area contributed by atoms with Crippen LogP contribution in [0, 0.1) is 5.92 Å². The fourth-order valence-electron chi connectivity index (χ4n) is 3.08. The molecule has 3 N–H and O–H groups in total. The molecule has 0 aliphatic carbocycles. The molecule has 0 saturated carbocycles. The van der Waals surface area contributed by atoms with Gasteiger partial charge in [-0.2, -0.15) is 23.4 Å². The number of amides is 1. The Kier molecular flexibility index (Phi) is 6.91. The third-order valence-corrected chi connectivity index (χ3v) is 4.81. The Balaban J connectivity index is 0.000000360. The average Bonchev–Trinajstić information content (AvgIpc) is 3.40. The van der Waals surface area contributed by atoms with E-state index in [4.69, 9.17) is 9.90 Å². The molecule has 32 heavy (non-hydrogen) atoms. The second-order valence-corrected chi connectivity index (χ2v) is 7.25. The predicted molar refractivity (Wildman–Crippen MR) is 108 cm³/mol. The molecule has 4 rings (SSSR count). The predicted octanol–water partition coefficient (Wildman–Crippen LogP) is 3.59. The summed E-state index contributed by atoms with van der Waals surface area (Å²) in [5, 5.41) is 21.7. The minimum absolute atomic E-state index is 0.0280. The smallest absolute Gasteiger partial charge is 0.475 e. The van der Waals surface area contributed by atoms with Crippen molar-refractivity contribution in [1.82, 2.24) is 25.0 Å². The van der Waals surface area contributed by atoms with Crippen molar-refractivity contribution in [3.63, 3.8) is 0 Å². The van der Waals surface area contributed by atoms with Gasteiger partial charge < -0.3 is 10.4 Å². The van der Waals surface area contributed by atoms with Crippen LogP contribution in [0.15, 0.2) is 36.8 Å². The van der Waals surface area contributed by atoms with Crippen molar-refractivity contribution in [3.05, 3.63) is 42.5 Å². The Morgan fingerprint density at radius 2 is 2.00 bits per heavy atom. The minimum atomic E-state index is -5.08. The van der Waals surface area contributed by atoms with E-state index in [0.29, 0.717) is 5.69 Å². The summed E-state index contributed by atoms with van der Waals surface area (Å²) in [5.74, 6) is -2.02. The Morgan fingerprint density at radius 1 is 1.25 bits per heavy atom. The summed E-state index contributed by atoms with van der Waals surface area (Å²) >= 11 is 0. The molecular formula is C20H21F3N6O3. The van der Waals surface area contributed by atoms with Crippen LogP contribution in [0.3, 0.4) is 0 Å². The molecule has 2 bridgehead atoms. The second kappa shape index (κ2) is 9.62. The number of fused-ring (bicyclic) bond motifs is 4. The van der Waals surface area contributed by atoms with Crippen molar-refractivity contribution in [3.8, 4) is 17.1 Å². The molecule has 3 aromatic rings. The molecule has 0 aromatic carbocycles. The van der Waals surface area contributed by atoms with Crippen LogP contribution in [-0.4, -0.2) is 48.1 Å². The molecule has 1 amide bonds. The number of H-pyrrole nitrogens is 1. The third-order valence-electron chi connectivity index (χ3n) is 4.81. The van der Waals surface area contributed by atoms with Crippen molar-refractivity contribution in [1.29, 1.82) is 0 Å².